The molecule has 0 saturated carbocycles. The fourth-order valence-electron chi connectivity index (χ4n) is 2.20. The number of anilines is 2. The monoisotopic (exact) mass is 309 g/mol. The number of carbonyl (C=O) groups is 1. The van der Waals surface area contributed by atoms with Crippen molar-refractivity contribution in [3.63, 3.8) is 0 Å². The van der Waals surface area contributed by atoms with E-state index in [-0.39, 0.29) is 12.2 Å². The number of nitrogens with two attached hydrogens (primary N) is 1. The van der Waals surface area contributed by atoms with Gasteiger partial charge in [0.2, 0.25) is 0 Å². The van der Waals surface area contributed by atoms with Gasteiger partial charge in [-0.15, -0.1) is 0 Å². The van der Waals surface area contributed by atoms with E-state index < -0.39 is 12.0 Å². The predicted octanol–water partition coefficient (Wildman–Crippen LogP) is 3.16. The number of nitrogen functional groups attached to an aromatic ring is 1. The standard InChI is InChI=1S/C18H19N3O2/c1-2-23-18(22)14(12-19)17(13-8-4-3-5-9-13)21-16-11-7-6-10-15(16)20/h3-11,17,19,21H,2,20H2,1H3. The quantitative estimate of drug-likeness (QED) is 0.331. The van der Waals surface area contributed by atoms with Crippen LogP contribution < -0.4 is 11.1 Å². The Labute approximate surface area is 135 Å². The van der Waals surface area contributed by atoms with Crippen molar-refractivity contribution in [3.8, 4) is 0 Å². The van der Waals surface area contributed by atoms with E-state index in [9.17, 15) is 4.79 Å². The summed E-state index contributed by atoms with van der Waals surface area (Å²) in [6.45, 7) is 1.96. The van der Waals surface area contributed by atoms with Gasteiger partial charge in [-0.3, -0.25) is 5.41 Å². The maximum atomic E-state index is 12.2. The van der Waals surface area contributed by atoms with Crippen LogP contribution in [0.15, 0.2) is 60.2 Å². The zero-order chi connectivity index (χ0) is 16.7. The van der Waals surface area contributed by atoms with E-state index in [1.165, 1.54) is 0 Å². The van der Waals surface area contributed by atoms with Gasteiger partial charge in [-0.05, 0) is 30.5 Å². The fourth-order valence-corrected chi connectivity index (χ4v) is 2.20. The second kappa shape index (κ2) is 7.82. The molecular weight excluding hydrogens is 290 g/mol. The van der Waals surface area contributed by atoms with E-state index in [0.29, 0.717) is 11.4 Å². The summed E-state index contributed by atoms with van der Waals surface area (Å²) in [7, 11) is 0. The van der Waals surface area contributed by atoms with E-state index in [2.05, 4.69) is 11.2 Å². The number of ether oxygens (including phenoxy) is 1. The third-order valence-corrected chi connectivity index (χ3v) is 3.31. The van der Waals surface area contributed by atoms with Crippen molar-refractivity contribution in [2.45, 2.75) is 13.0 Å². The number of benzene rings is 2. The number of hydrogen-bond acceptors (Lipinski definition) is 5. The molecule has 1 atom stereocenters. The van der Waals surface area contributed by atoms with E-state index >= 15 is 0 Å². The van der Waals surface area contributed by atoms with Crippen LogP contribution in [0.4, 0.5) is 11.4 Å². The fraction of sp³-hybridized carbons (Fsp3) is 0.167. The molecule has 2 aromatic rings. The lowest BCUT2D eigenvalue weighted by atomic mass is 9.99. The number of rotatable bonds is 6. The van der Waals surface area contributed by atoms with Gasteiger partial charge in [-0.1, -0.05) is 42.5 Å². The Bertz CT molecular complexity index is 722. The number of nitrogens with one attached hydrogen (secondary N) is 2. The lowest BCUT2D eigenvalue weighted by Gasteiger charge is -2.21. The maximum absolute atomic E-state index is 12.2. The van der Waals surface area contributed by atoms with Gasteiger partial charge in [0.15, 0.2) is 0 Å². The zero-order valence-electron chi connectivity index (χ0n) is 12.9. The Morgan fingerprint density at radius 2 is 1.87 bits per heavy atom. The molecule has 5 nitrogen and oxygen atoms in total. The molecule has 0 heterocycles. The number of hydrogen-bond donors (Lipinski definition) is 3. The summed E-state index contributed by atoms with van der Waals surface area (Å²) in [5.74, 6) is 1.64. The average molecular weight is 309 g/mol. The molecule has 0 saturated heterocycles. The van der Waals surface area contributed by atoms with Crippen molar-refractivity contribution in [1.82, 2.24) is 0 Å². The van der Waals surface area contributed by atoms with E-state index in [1.807, 2.05) is 48.5 Å². The summed E-state index contributed by atoms with van der Waals surface area (Å²) in [4.78, 5) is 12.2. The van der Waals surface area contributed by atoms with Crippen molar-refractivity contribution >= 4 is 23.2 Å². The molecule has 2 rings (SSSR count). The molecule has 0 fully saturated rings. The third kappa shape index (κ3) is 3.99. The Kier molecular flexibility index (Phi) is 5.56. The minimum absolute atomic E-state index is 0.0984. The van der Waals surface area contributed by atoms with Gasteiger partial charge in [0.1, 0.15) is 5.57 Å². The van der Waals surface area contributed by atoms with Crippen molar-refractivity contribution in [2.24, 2.45) is 0 Å². The molecule has 0 aromatic heterocycles. The van der Waals surface area contributed by atoms with E-state index in [0.717, 1.165) is 5.56 Å². The molecule has 23 heavy (non-hydrogen) atoms. The second-order valence-electron chi connectivity index (χ2n) is 4.83. The van der Waals surface area contributed by atoms with Crippen LogP contribution in [0.3, 0.4) is 0 Å². The number of esters is 1. The Morgan fingerprint density at radius 1 is 1.22 bits per heavy atom. The highest BCUT2D eigenvalue weighted by atomic mass is 16.5. The molecule has 0 spiro atoms. The van der Waals surface area contributed by atoms with E-state index in [4.69, 9.17) is 15.9 Å². The third-order valence-electron chi connectivity index (χ3n) is 3.31. The van der Waals surface area contributed by atoms with Gasteiger partial charge < -0.3 is 15.8 Å². The van der Waals surface area contributed by atoms with Gasteiger partial charge in [0.05, 0.1) is 24.0 Å². The molecule has 4 N–H and O–H groups in total. The normalized spacial score (nSPS) is 11.2. The van der Waals surface area contributed by atoms with Crippen molar-refractivity contribution < 1.29 is 9.53 Å². The molecule has 5 heteroatoms. The number of para-hydroxylation sites is 2. The molecule has 0 aliphatic carbocycles. The Balaban J connectivity index is 2.42. The highest BCUT2D eigenvalue weighted by molar-refractivity contribution is 5.99. The SMILES string of the molecule is CCOC(=O)C(=C=N)C(Nc1ccccc1N)c1ccccc1. The summed E-state index contributed by atoms with van der Waals surface area (Å²) in [5, 5.41) is 10.7. The summed E-state index contributed by atoms with van der Waals surface area (Å²) in [6, 6.07) is 16.0. The molecule has 2 aromatic carbocycles. The van der Waals surface area contributed by atoms with Crippen LogP contribution in [0, 0.1) is 5.41 Å². The zero-order valence-corrected chi connectivity index (χ0v) is 12.9. The van der Waals surface area contributed by atoms with Crippen LogP contribution in [0.1, 0.15) is 18.5 Å². The van der Waals surface area contributed by atoms with Gasteiger partial charge in [-0.25, -0.2) is 4.79 Å². The Hall–Kier alpha value is -3.04. The van der Waals surface area contributed by atoms with Crippen LogP contribution >= 0.6 is 0 Å². The number of carbonyl (C=O) groups excluding carboxylic acids is 1. The van der Waals surface area contributed by atoms with Crippen molar-refractivity contribution in [1.29, 1.82) is 5.41 Å². The van der Waals surface area contributed by atoms with Crippen LogP contribution in [-0.4, -0.2) is 18.4 Å². The summed E-state index contributed by atoms with van der Waals surface area (Å²) in [5.41, 5.74) is 8.12. The lowest BCUT2D eigenvalue weighted by Crippen LogP contribution is -2.22. The minimum Gasteiger partial charge on any atom is -0.462 e. The molecule has 0 aliphatic rings. The summed E-state index contributed by atoms with van der Waals surface area (Å²) < 4.78 is 5.04. The maximum Gasteiger partial charge on any atom is 0.345 e. The van der Waals surface area contributed by atoms with Gasteiger partial charge in [-0.2, -0.15) is 0 Å². The molecule has 118 valence electrons. The largest absolute Gasteiger partial charge is 0.462 e. The van der Waals surface area contributed by atoms with Crippen LogP contribution in [0.2, 0.25) is 0 Å². The average Bonchev–Trinajstić information content (AvgIpc) is 2.57. The smallest absolute Gasteiger partial charge is 0.345 e. The van der Waals surface area contributed by atoms with Gasteiger partial charge in [0, 0.05) is 0 Å². The molecule has 1 unspecified atom stereocenters. The van der Waals surface area contributed by atoms with Crippen molar-refractivity contribution in [3.05, 3.63) is 65.7 Å². The molecule has 0 bridgehead atoms. The highest BCUT2D eigenvalue weighted by Gasteiger charge is 2.24. The first-order valence-electron chi connectivity index (χ1n) is 7.30. The summed E-state index contributed by atoms with van der Waals surface area (Å²) >= 11 is 0. The minimum atomic E-state index is -0.572. The van der Waals surface area contributed by atoms with Crippen LogP contribution in [0.25, 0.3) is 0 Å². The molecule has 0 amide bonds. The van der Waals surface area contributed by atoms with Crippen LogP contribution in [0.5, 0.6) is 0 Å². The molecular formula is C18H19N3O2. The lowest BCUT2D eigenvalue weighted by molar-refractivity contribution is -0.138. The first kappa shape index (κ1) is 16.3. The first-order valence-corrected chi connectivity index (χ1v) is 7.30. The second-order valence-corrected chi connectivity index (χ2v) is 4.83. The van der Waals surface area contributed by atoms with E-state index in [1.54, 1.807) is 13.0 Å². The Morgan fingerprint density at radius 3 is 2.48 bits per heavy atom. The predicted molar refractivity (Wildman–Crippen MR) is 91.5 cm³/mol. The van der Waals surface area contributed by atoms with Gasteiger partial charge >= 0.3 is 5.97 Å². The van der Waals surface area contributed by atoms with Crippen molar-refractivity contribution in [2.75, 3.05) is 17.7 Å². The first-order chi connectivity index (χ1) is 11.2. The van der Waals surface area contributed by atoms with Crippen LogP contribution in [-0.2, 0) is 9.53 Å². The topological polar surface area (TPSA) is 88.2 Å². The molecule has 0 aliphatic heterocycles. The van der Waals surface area contributed by atoms with Gasteiger partial charge in [0.25, 0.3) is 0 Å². The summed E-state index contributed by atoms with van der Waals surface area (Å²) in [6.07, 6.45) is 0. The highest BCUT2D eigenvalue weighted by Crippen LogP contribution is 2.28. The molecule has 0 radical (unpaired) electrons.